The third kappa shape index (κ3) is 4.26. The van der Waals surface area contributed by atoms with Gasteiger partial charge in [-0.25, -0.2) is 0 Å². The summed E-state index contributed by atoms with van der Waals surface area (Å²) in [6.45, 7) is 2.62. The molecule has 4 heteroatoms. The lowest BCUT2D eigenvalue weighted by Gasteiger charge is -2.07. The Bertz CT molecular complexity index is 354. The largest absolute Gasteiger partial charge is 0.352 e. The number of rotatable bonds is 4. The fourth-order valence-electron chi connectivity index (χ4n) is 1.21. The number of amides is 1. The van der Waals surface area contributed by atoms with E-state index in [2.05, 4.69) is 33.9 Å². The van der Waals surface area contributed by atoms with Crippen molar-refractivity contribution in [1.82, 2.24) is 5.32 Å². The van der Waals surface area contributed by atoms with Gasteiger partial charge in [-0.05, 0) is 35.9 Å². The molecule has 0 aliphatic rings. The zero-order valence-electron chi connectivity index (χ0n) is 8.59. The Balaban J connectivity index is 2.57. The van der Waals surface area contributed by atoms with Crippen LogP contribution in [0.5, 0.6) is 0 Å². The number of carbonyl (C=O) groups is 1. The zero-order chi connectivity index (χ0) is 11.3. The van der Waals surface area contributed by atoms with E-state index in [0.29, 0.717) is 18.7 Å². The molecule has 0 saturated heterocycles. The van der Waals surface area contributed by atoms with Crippen molar-refractivity contribution < 1.29 is 4.79 Å². The zero-order valence-corrected chi connectivity index (χ0v) is 11.1. The summed E-state index contributed by atoms with van der Waals surface area (Å²) in [5.74, 6) is 0.632. The number of hydrogen-bond acceptors (Lipinski definition) is 2. The predicted octanol–water partition coefficient (Wildman–Crippen LogP) is 2.69. The number of nitrogens with one attached hydrogen (secondary N) is 1. The van der Waals surface area contributed by atoms with Crippen molar-refractivity contribution in [1.29, 1.82) is 0 Å². The van der Waals surface area contributed by atoms with Gasteiger partial charge in [-0.3, -0.25) is 4.79 Å². The number of carbonyl (C=O) groups excluding carboxylic acids is 1. The highest BCUT2D eigenvalue weighted by Crippen LogP contribution is 2.15. The normalized spacial score (nSPS) is 10.1. The van der Waals surface area contributed by atoms with Crippen LogP contribution in [-0.4, -0.2) is 11.7 Å². The van der Waals surface area contributed by atoms with Gasteiger partial charge in [0.25, 0.3) is 0 Å². The molecule has 1 N–H and O–H groups in total. The maximum Gasteiger partial charge on any atom is 0.221 e. The summed E-state index contributed by atoms with van der Waals surface area (Å²) in [6, 6.07) is 6.05. The van der Waals surface area contributed by atoms with Crippen LogP contribution < -0.4 is 5.32 Å². The first-order chi connectivity index (χ1) is 7.13. The number of hydrogen-bond donors (Lipinski definition) is 2. The fourth-order valence-corrected chi connectivity index (χ4v) is 1.83. The van der Waals surface area contributed by atoms with E-state index < -0.39 is 0 Å². The molecule has 0 aromatic heterocycles. The van der Waals surface area contributed by atoms with Crippen LogP contribution >= 0.6 is 28.6 Å². The van der Waals surface area contributed by atoms with E-state index in [1.165, 1.54) is 5.56 Å². The highest BCUT2D eigenvalue weighted by atomic mass is 79.9. The highest BCUT2D eigenvalue weighted by Gasteiger charge is 2.02. The highest BCUT2D eigenvalue weighted by molar-refractivity contribution is 9.10. The van der Waals surface area contributed by atoms with Gasteiger partial charge in [0.15, 0.2) is 0 Å². The molecule has 2 nitrogen and oxygen atoms in total. The standard InChI is InChI=1S/C11H14BrNOS/c1-8-2-3-10(12)6-9(8)7-13-11(14)4-5-15/h2-3,6,15H,4-5,7H2,1H3,(H,13,14). The van der Waals surface area contributed by atoms with E-state index in [-0.39, 0.29) is 5.91 Å². The molecule has 1 rings (SSSR count). The van der Waals surface area contributed by atoms with Crippen LogP contribution in [-0.2, 0) is 11.3 Å². The Labute approximate surface area is 104 Å². The van der Waals surface area contributed by atoms with E-state index >= 15 is 0 Å². The Morgan fingerprint density at radius 1 is 1.53 bits per heavy atom. The molecule has 0 aliphatic carbocycles. The first-order valence-electron chi connectivity index (χ1n) is 4.76. The number of halogens is 1. The van der Waals surface area contributed by atoms with Crippen molar-refractivity contribution in [3.63, 3.8) is 0 Å². The summed E-state index contributed by atoms with van der Waals surface area (Å²) in [6.07, 6.45) is 0.468. The summed E-state index contributed by atoms with van der Waals surface area (Å²) in [4.78, 5) is 11.2. The van der Waals surface area contributed by atoms with E-state index in [9.17, 15) is 4.79 Å². The van der Waals surface area contributed by atoms with Gasteiger partial charge in [0.1, 0.15) is 0 Å². The minimum absolute atomic E-state index is 0.0457. The van der Waals surface area contributed by atoms with Crippen LogP contribution in [0.3, 0.4) is 0 Å². The second kappa shape index (κ2) is 6.18. The third-order valence-corrected chi connectivity index (χ3v) is 2.84. The quantitative estimate of drug-likeness (QED) is 0.820. The molecule has 0 atom stereocenters. The molecule has 0 bridgehead atoms. The molecular weight excluding hydrogens is 274 g/mol. The van der Waals surface area contributed by atoms with E-state index in [4.69, 9.17) is 0 Å². The van der Waals surface area contributed by atoms with Crippen molar-refractivity contribution in [2.75, 3.05) is 5.75 Å². The second-order valence-electron chi connectivity index (χ2n) is 3.32. The smallest absolute Gasteiger partial charge is 0.221 e. The van der Waals surface area contributed by atoms with Crippen molar-refractivity contribution >= 4 is 34.5 Å². The Kier molecular flexibility index (Phi) is 5.19. The predicted molar refractivity (Wildman–Crippen MR) is 69.2 cm³/mol. The number of thiol groups is 1. The lowest BCUT2D eigenvalue weighted by atomic mass is 10.1. The Hall–Kier alpha value is -0.480. The monoisotopic (exact) mass is 287 g/mol. The van der Waals surface area contributed by atoms with Gasteiger partial charge in [0, 0.05) is 17.4 Å². The average Bonchev–Trinajstić information content (AvgIpc) is 2.20. The van der Waals surface area contributed by atoms with Crippen molar-refractivity contribution in [2.45, 2.75) is 19.9 Å². The Morgan fingerprint density at radius 3 is 2.93 bits per heavy atom. The molecule has 0 fully saturated rings. The van der Waals surface area contributed by atoms with Crippen LogP contribution in [0.2, 0.25) is 0 Å². The molecule has 0 radical (unpaired) electrons. The van der Waals surface area contributed by atoms with Crippen LogP contribution in [0.25, 0.3) is 0 Å². The van der Waals surface area contributed by atoms with Gasteiger partial charge in [-0.15, -0.1) is 0 Å². The minimum atomic E-state index is 0.0457. The van der Waals surface area contributed by atoms with E-state index in [1.54, 1.807) is 0 Å². The molecule has 1 amide bonds. The molecule has 0 aliphatic heterocycles. The first-order valence-corrected chi connectivity index (χ1v) is 6.18. The molecule has 0 unspecified atom stereocenters. The van der Waals surface area contributed by atoms with Gasteiger partial charge < -0.3 is 5.32 Å². The molecule has 1 aromatic rings. The summed E-state index contributed by atoms with van der Waals surface area (Å²) >= 11 is 7.42. The van der Waals surface area contributed by atoms with Crippen LogP contribution in [0, 0.1) is 6.92 Å². The summed E-state index contributed by atoms with van der Waals surface area (Å²) < 4.78 is 1.03. The van der Waals surface area contributed by atoms with Crippen LogP contribution in [0.4, 0.5) is 0 Å². The SMILES string of the molecule is Cc1ccc(Br)cc1CNC(=O)CCS. The van der Waals surface area contributed by atoms with E-state index in [1.807, 2.05) is 25.1 Å². The number of aryl methyl sites for hydroxylation is 1. The molecule has 0 heterocycles. The molecule has 0 saturated carbocycles. The van der Waals surface area contributed by atoms with E-state index in [0.717, 1.165) is 10.0 Å². The van der Waals surface area contributed by atoms with Gasteiger partial charge in [0.2, 0.25) is 5.91 Å². The lowest BCUT2D eigenvalue weighted by molar-refractivity contribution is -0.120. The summed E-state index contributed by atoms with van der Waals surface area (Å²) in [7, 11) is 0. The molecule has 15 heavy (non-hydrogen) atoms. The lowest BCUT2D eigenvalue weighted by Crippen LogP contribution is -2.23. The van der Waals surface area contributed by atoms with Gasteiger partial charge in [0.05, 0.1) is 0 Å². The molecule has 0 spiro atoms. The van der Waals surface area contributed by atoms with Crippen molar-refractivity contribution in [3.8, 4) is 0 Å². The molecule has 82 valence electrons. The second-order valence-corrected chi connectivity index (χ2v) is 4.68. The van der Waals surface area contributed by atoms with Gasteiger partial charge in [-0.2, -0.15) is 12.6 Å². The summed E-state index contributed by atoms with van der Waals surface area (Å²) in [5, 5.41) is 2.86. The van der Waals surface area contributed by atoms with Crippen molar-refractivity contribution in [2.24, 2.45) is 0 Å². The number of benzene rings is 1. The fraction of sp³-hybridized carbons (Fsp3) is 0.364. The maximum absolute atomic E-state index is 11.2. The molecular formula is C11H14BrNOS. The first kappa shape index (κ1) is 12.6. The molecule has 1 aromatic carbocycles. The summed E-state index contributed by atoms with van der Waals surface area (Å²) in [5.41, 5.74) is 2.32. The maximum atomic E-state index is 11.2. The Morgan fingerprint density at radius 2 is 2.27 bits per heavy atom. The van der Waals surface area contributed by atoms with Gasteiger partial charge in [-0.1, -0.05) is 22.0 Å². The van der Waals surface area contributed by atoms with Crippen LogP contribution in [0.15, 0.2) is 22.7 Å². The third-order valence-electron chi connectivity index (χ3n) is 2.13. The minimum Gasteiger partial charge on any atom is -0.352 e. The van der Waals surface area contributed by atoms with Crippen molar-refractivity contribution in [3.05, 3.63) is 33.8 Å². The topological polar surface area (TPSA) is 29.1 Å². The van der Waals surface area contributed by atoms with Gasteiger partial charge >= 0.3 is 0 Å². The van der Waals surface area contributed by atoms with Crippen LogP contribution in [0.1, 0.15) is 17.5 Å². The average molecular weight is 288 g/mol.